The molecule has 13 aromatic carbocycles. The summed E-state index contributed by atoms with van der Waals surface area (Å²) in [4.78, 5) is 5.33. The second kappa shape index (κ2) is 27.2. The Bertz CT molecular complexity index is 6340. The number of hydrogen-bond acceptors (Lipinski definition) is 2. The van der Waals surface area contributed by atoms with Crippen LogP contribution in [0.15, 0.2) is 231 Å². The molecule has 0 saturated carbocycles. The van der Waals surface area contributed by atoms with Gasteiger partial charge in [0.05, 0.1) is 38.8 Å². The largest absolute Gasteiger partial charge is 0.311 e. The van der Waals surface area contributed by atoms with E-state index in [0.29, 0.717) is 0 Å². The number of rotatable bonds is 7. The first-order valence-corrected chi connectivity index (χ1v) is 44.0. The van der Waals surface area contributed by atoms with Gasteiger partial charge in [0, 0.05) is 77.8 Å². The van der Waals surface area contributed by atoms with E-state index >= 15 is 0 Å². The van der Waals surface area contributed by atoms with Crippen molar-refractivity contribution in [2.75, 3.05) is 9.80 Å². The minimum Gasteiger partial charge on any atom is -0.311 e. The Hall–Kier alpha value is -11.1. The van der Waals surface area contributed by atoms with Gasteiger partial charge >= 0.3 is 0 Å². The lowest BCUT2D eigenvalue weighted by atomic mass is 9.33. The van der Waals surface area contributed by atoms with E-state index in [4.69, 9.17) is 0 Å². The summed E-state index contributed by atoms with van der Waals surface area (Å²) in [7, 11) is 0. The predicted molar refractivity (Wildman–Crippen MR) is 523 cm³/mol. The van der Waals surface area contributed by atoms with Crippen LogP contribution in [-0.2, 0) is 43.3 Å². The Kier molecular flexibility index (Phi) is 18.1. The lowest BCUT2D eigenvalue weighted by Gasteiger charge is -2.44. The van der Waals surface area contributed by atoms with Crippen molar-refractivity contribution in [2.24, 2.45) is 0 Å². The highest BCUT2D eigenvalue weighted by atomic mass is 15.2. The van der Waals surface area contributed by atoms with Gasteiger partial charge in [-0.3, -0.25) is 0 Å². The van der Waals surface area contributed by atoms with Gasteiger partial charge in [0.25, 0.3) is 6.71 Å². The molecule has 0 aliphatic carbocycles. The highest BCUT2D eigenvalue weighted by Gasteiger charge is 2.45. The fourth-order valence-electron chi connectivity index (χ4n) is 19.9. The van der Waals surface area contributed by atoms with Crippen molar-refractivity contribution in [3.05, 3.63) is 297 Å². The first kappa shape index (κ1) is 80.0. The quantitative estimate of drug-likeness (QED) is 0.148. The first-order chi connectivity index (χ1) is 56.2. The van der Waals surface area contributed by atoms with Crippen LogP contribution in [0.25, 0.3) is 105 Å². The van der Waals surface area contributed by atoms with E-state index in [0.717, 1.165) is 51.2 Å². The van der Waals surface area contributed by atoms with Crippen LogP contribution in [0.1, 0.15) is 233 Å². The third kappa shape index (κ3) is 13.2. The summed E-state index contributed by atoms with van der Waals surface area (Å²) < 4.78 is 7.75. The monoisotopic (exact) mass is 1570 g/mol. The second-order valence-electron chi connectivity index (χ2n) is 43.9. The molecule has 16 aromatic rings. The summed E-state index contributed by atoms with van der Waals surface area (Å²) in [6, 6.07) is 92.9. The molecule has 0 N–H and O–H groups in total. The summed E-state index contributed by atoms with van der Waals surface area (Å²) in [6.45, 7) is 65.1. The maximum Gasteiger partial charge on any atom is 0.252 e. The van der Waals surface area contributed by atoms with E-state index in [2.05, 4.69) is 448 Å². The molecule has 18 rings (SSSR count). The van der Waals surface area contributed by atoms with Crippen LogP contribution in [0.4, 0.5) is 34.1 Å². The van der Waals surface area contributed by atoms with Crippen LogP contribution in [0, 0.1) is 27.7 Å². The minimum atomic E-state index is -0.230. The van der Waals surface area contributed by atoms with Crippen molar-refractivity contribution in [2.45, 2.75) is 237 Å². The van der Waals surface area contributed by atoms with Crippen LogP contribution >= 0.6 is 0 Å². The molecule has 0 fully saturated rings. The van der Waals surface area contributed by atoms with Crippen molar-refractivity contribution in [1.82, 2.24) is 13.7 Å². The van der Waals surface area contributed by atoms with Gasteiger partial charge in [-0.1, -0.05) is 263 Å². The SMILES string of the molecule is Cc1cc(C(C)(C)C)cc(C)c1-c1ccc(N2c3cc(-n4c5ccc(C(C)(C)C)cc5c5cc(C(C)(C)C)ccc54)ccc3B3c4ccc(-n5c6ccc(C(C)(C)C)cc6c6cc(C(C)(C)C)ccc65)cc4N(c4ccc(-c5c(C)cc(C(C)(C)C)cc5C)cc4)c4cc(-n5c6ccc(C(C)(C)C)cc6c6cc(C(C)(C)C)ccc65)cc2c43)cc1. The molecule has 6 heteroatoms. The van der Waals surface area contributed by atoms with E-state index in [-0.39, 0.29) is 50.0 Å². The van der Waals surface area contributed by atoms with Crippen LogP contribution < -0.4 is 26.2 Å². The molecule has 0 atom stereocenters. The summed E-state index contributed by atoms with van der Waals surface area (Å²) in [5.74, 6) is 0. The van der Waals surface area contributed by atoms with Crippen molar-refractivity contribution in [1.29, 1.82) is 0 Å². The molecule has 3 aromatic heterocycles. The third-order valence-electron chi connectivity index (χ3n) is 26.9. The zero-order valence-electron chi connectivity index (χ0n) is 76.8. The summed E-state index contributed by atoms with van der Waals surface area (Å²) in [6.07, 6.45) is 0. The average Bonchev–Trinajstić information content (AvgIpc) is 0.956. The Morgan fingerprint density at radius 2 is 0.417 bits per heavy atom. The van der Waals surface area contributed by atoms with Crippen LogP contribution in [0.2, 0.25) is 0 Å². The van der Waals surface area contributed by atoms with Gasteiger partial charge in [-0.15, -0.1) is 0 Å². The van der Waals surface area contributed by atoms with Crippen LogP contribution in [-0.4, -0.2) is 20.4 Å². The summed E-state index contributed by atoms with van der Waals surface area (Å²) in [5, 5.41) is 7.59. The van der Waals surface area contributed by atoms with Crippen LogP contribution in [0.5, 0.6) is 0 Å². The van der Waals surface area contributed by atoms with Crippen molar-refractivity contribution >= 4 is 123 Å². The number of hydrogen-bond donors (Lipinski definition) is 0. The molecule has 0 spiro atoms. The molecule has 0 amide bonds. The van der Waals surface area contributed by atoms with E-state index in [9.17, 15) is 0 Å². The molecule has 0 bridgehead atoms. The van der Waals surface area contributed by atoms with Gasteiger partial charge in [-0.2, -0.15) is 0 Å². The molecule has 606 valence electrons. The molecule has 5 nitrogen and oxygen atoms in total. The zero-order valence-corrected chi connectivity index (χ0v) is 76.8. The predicted octanol–water partition coefficient (Wildman–Crippen LogP) is 30.0. The Morgan fingerprint density at radius 1 is 0.200 bits per heavy atom. The molecule has 120 heavy (non-hydrogen) atoms. The van der Waals surface area contributed by atoms with Gasteiger partial charge in [0.1, 0.15) is 0 Å². The number of anilines is 6. The first-order valence-electron chi connectivity index (χ1n) is 44.0. The highest BCUT2D eigenvalue weighted by molar-refractivity contribution is 7.00. The number of fused-ring (bicyclic) bond motifs is 13. The molecule has 0 saturated heterocycles. The highest BCUT2D eigenvalue weighted by Crippen LogP contribution is 2.51. The molecule has 0 radical (unpaired) electrons. The topological polar surface area (TPSA) is 21.3 Å². The maximum atomic E-state index is 2.67. The minimum absolute atomic E-state index is 0.0107. The fraction of sp³-hybridized carbons (Fsp3) is 0.316. The normalized spacial score (nSPS) is 13.8. The average molecular weight is 1570 g/mol. The molecule has 2 aliphatic heterocycles. The molecule has 0 unspecified atom stereocenters. The standard InChI is InChI=1S/C114H122BN5/c1-67-53-79(113(23,24)25)54-68(2)104(67)71-29-39-81(40-30-71)116-100-63-83(118-94-47-33-73(107(5,6)7)57-86(94)87-58-74(108(8,9)10)34-48-95(87)118)43-45-92(100)115-93-46-44-84(119-96-49-35-75(109(11,12)13)59-88(96)89-60-76(110(14,15)16)36-50-97(89)119)64-101(93)117(82-41-31-72(32-42-82)105-69(3)55-80(56-70(105)4)114(26,27)28)103-66-85(65-102(116)106(103)115)120-98-51-37-77(111(17,18)19)61-90(98)91-62-78(112(20,21)22)38-52-99(91)120/h29-66H,1-28H3. The van der Waals surface area contributed by atoms with Crippen molar-refractivity contribution in [3.8, 4) is 39.3 Å². The third-order valence-corrected chi connectivity index (χ3v) is 26.9. The number of aromatic nitrogens is 3. The van der Waals surface area contributed by atoms with Gasteiger partial charge in [-0.05, 0) is 310 Å². The van der Waals surface area contributed by atoms with E-state index < -0.39 is 0 Å². The van der Waals surface area contributed by atoms with Gasteiger partial charge in [-0.25, -0.2) is 0 Å². The lowest BCUT2D eigenvalue weighted by molar-refractivity contribution is 0.589. The number of aryl methyl sites for hydroxylation is 4. The molecular weight excluding hydrogens is 1450 g/mol. The number of benzene rings is 13. The maximum absolute atomic E-state index is 2.67. The molecule has 5 heterocycles. The lowest BCUT2D eigenvalue weighted by Crippen LogP contribution is -2.61. The van der Waals surface area contributed by atoms with Crippen molar-refractivity contribution in [3.63, 3.8) is 0 Å². The summed E-state index contributed by atoms with van der Waals surface area (Å²) in [5.41, 5.74) is 41.3. The van der Waals surface area contributed by atoms with E-state index in [1.807, 2.05) is 0 Å². The van der Waals surface area contributed by atoms with E-state index in [1.165, 1.54) is 171 Å². The smallest absolute Gasteiger partial charge is 0.252 e. The van der Waals surface area contributed by atoms with Gasteiger partial charge in [0.2, 0.25) is 0 Å². The number of nitrogens with zero attached hydrogens (tertiary/aromatic N) is 5. The van der Waals surface area contributed by atoms with Gasteiger partial charge in [0.15, 0.2) is 0 Å². The summed E-state index contributed by atoms with van der Waals surface area (Å²) >= 11 is 0. The Labute approximate surface area is 715 Å². The van der Waals surface area contributed by atoms with Crippen molar-refractivity contribution < 1.29 is 0 Å². The van der Waals surface area contributed by atoms with Crippen LogP contribution in [0.3, 0.4) is 0 Å². The second-order valence-corrected chi connectivity index (χ2v) is 43.9. The zero-order chi connectivity index (χ0) is 85.4. The Balaban J connectivity index is 0.980. The molecular formula is C114H122BN5. The van der Waals surface area contributed by atoms with E-state index in [1.54, 1.807) is 0 Å². The fourth-order valence-corrected chi connectivity index (χ4v) is 19.9. The van der Waals surface area contributed by atoms with Gasteiger partial charge < -0.3 is 23.5 Å². The molecule has 2 aliphatic rings. The Morgan fingerprint density at radius 3 is 0.650 bits per heavy atom.